The summed E-state index contributed by atoms with van der Waals surface area (Å²) in [5, 5.41) is 0. The summed E-state index contributed by atoms with van der Waals surface area (Å²) in [7, 11) is -4.56. The molecule has 1 N–H and O–H groups in total. The van der Waals surface area contributed by atoms with Crippen LogP contribution in [0.4, 0.5) is 11.4 Å². The van der Waals surface area contributed by atoms with Gasteiger partial charge in [-0.3, -0.25) is 4.55 Å². The van der Waals surface area contributed by atoms with Gasteiger partial charge in [-0.25, -0.2) is 9.59 Å². The summed E-state index contributed by atoms with van der Waals surface area (Å²) in [5.41, 5.74) is -0.324. The van der Waals surface area contributed by atoms with Gasteiger partial charge in [-0.15, -0.1) is 0 Å². The van der Waals surface area contributed by atoms with Crippen LogP contribution in [0.25, 0.3) is 0 Å². The highest BCUT2D eigenvalue weighted by molar-refractivity contribution is 7.86. The van der Waals surface area contributed by atoms with Crippen molar-refractivity contribution >= 4 is 33.7 Å². The first-order valence-corrected chi connectivity index (χ1v) is 5.20. The average Bonchev–Trinajstić information content (AvgIpc) is 2.19. The lowest BCUT2D eigenvalue weighted by Crippen LogP contribution is -1.98. The van der Waals surface area contributed by atoms with Gasteiger partial charge in [0.2, 0.25) is 12.2 Å². The van der Waals surface area contributed by atoms with Crippen molar-refractivity contribution in [2.45, 2.75) is 4.90 Å². The molecule has 0 unspecified atom stereocenters. The first-order chi connectivity index (χ1) is 7.49. The Kier molecular flexibility index (Phi) is 3.44. The highest BCUT2D eigenvalue weighted by Gasteiger charge is 2.16. The van der Waals surface area contributed by atoms with Gasteiger partial charge < -0.3 is 0 Å². The molecular formula is C8H4N2O5S. The van der Waals surface area contributed by atoms with Crippen molar-refractivity contribution in [2.75, 3.05) is 0 Å². The molecule has 0 atom stereocenters. The molecule has 0 bridgehead atoms. The van der Waals surface area contributed by atoms with Gasteiger partial charge in [-0.05, 0) is 18.2 Å². The van der Waals surface area contributed by atoms with Crippen LogP contribution >= 0.6 is 0 Å². The summed E-state index contributed by atoms with van der Waals surface area (Å²) in [6.07, 6.45) is 2.34. The highest BCUT2D eigenvalue weighted by atomic mass is 32.2. The molecule has 0 aliphatic heterocycles. The monoisotopic (exact) mass is 240 g/mol. The molecule has 0 radical (unpaired) electrons. The number of hydrogen-bond donors (Lipinski definition) is 1. The van der Waals surface area contributed by atoms with Crippen molar-refractivity contribution in [1.29, 1.82) is 0 Å². The second kappa shape index (κ2) is 4.61. The summed E-state index contributed by atoms with van der Waals surface area (Å²) in [5.74, 6) is 0. The van der Waals surface area contributed by atoms with Crippen LogP contribution in [0.15, 0.2) is 33.1 Å². The summed E-state index contributed by atoms with van der Waals surface area (Å²) < 4.78 is 30.7. The van der Waals surface area contributed by atoms with Gasteiger partial charge in [-0.2, -0.15) is 18.4 Å². The van der Waals surface area contributed by atoms with Crippen LogP contribution in [0.1, 0.15) is 0 Å². The van der Waals surface area contributed by atoms with Crippen LogP contribution in [0.5, 0.6) is 0 Å². The third-order valence-corrected chi connectivity index (χ3v) is 2.44. The standard InChI is InChI=1S/C8H4N2O5S/c11-4-9-6-1-2-7(10-5-12)8(3-6)16(13,14)15/h1-3H,(H,13,14,15). The highest BCUT2D eigenvalue weighted by Crippen LogP contribution is 2.28. The Balaban J connectivity index is 3.56. The fraction of sp³-hybridized carbons (Fsp3) is 0. The predicted molar refractivity (Wildman–Crippen MR) is 51.8 cm³/mol. The molecule has 0 heterocycles. The third kappa shape index (κ3) is 2.69. The Hall–Kier alpha value is -2.11. The van der Waals surface area contributed by atoms with Crippen molar-refractivity contribution in [1.82, 2.24) is 0 Å². The molecule has 1 aromatic carbocycles. The molecule has 1 rings (SSSR count). The van der Waals surface area contributed by atoms with Gasteiger partial charge >= 0.3 is 0 Å². The quantitative estimate of drug-likeness (QED) is 0.478. The van der Waals surface area contributed by atoms with Gasteiger partial charge in [0.1, 0.15) is 4.90 Å². The maximum Gasteiger partial charge on any atom is 0.296 e. The molecule has 0 amide bonds. The average molecular weight is 240 g/mol. The number of hydrogen-bond acceptors (Lipinski definition) is 6. The minimum Gasteiger partial charge on any atom is -0.282 e. The van der Waals surface area contributed by atoms with E-state index in [4.69, 9.17) is 4.55 Å². The molecule has 0 aliphatic carbocycles. The Morgan fingerprint density at radius 2 is 1.75 bits per heavy atom. The van der Waals surface area contributed by atoms with Gasteiger partial charge in [0.05, 0.1) is 11.4 Å². The number of benzene rings is 1. The predicted octanol–water partition coefficient (Wildman–Crippen LogP) is 0.868. The van der Waals surface area contributed by atoms with E-state index < -0.39 is 15.0 Å². The normalized spacial score (nSPS) is 10.1. The smallest absolute Gasteiger partial charge is 0.282 e. The van der Waals surface area contributed by atoms with Gasteiger partial charge in [0.25, 0.3) is 10.1 Å². The Labute approximate surface area is 89.9 Å². The van der Waals surface area contributed by atoms with Crippen LogP contribution in [0.3, 0.4) is 0 Å². The van der Waals surface area contributed by atoms with Crippen LogP contribution in [0, 0.1) is 0 Å². The summed E-state index contributed by atoms with van der Waals surface area (Å²) in [6.45, 7) is 0. The summed E-state index contributed by atoms with van der Waals surface area (Å²) >= 11 is 0. The lowest BCUT2D eigenvalue weighted by Gasteiger charge is -2.00. The zero-order valence-electron chi connectivity index (χ0n) is 7.61. The van der Waals surface area contributed by atoms with E-state index in [1.54, 1.807) is 0 Å². The molecule has 0 saturated carbocycles. The molecule has 82 valence electrons. The van der Waals surface area contributed by atoms with Crippen LogP contribution in [-0.2, 0) is 19.7 Å². The van der Waals surface area contributed by atoms with Crippen LogP contribution in [0.2, 0.25) is 0 Å². The van der Waals surface area contributed by atoms with Gasteiger partial charge in [0, 0.05) is 0 Å². The molecule has 7 nitrogen and oxygen atoms in total. The molecular weight excluding hydrogens is 236 g/mol. The van der Waals surface area contributed by atoms with E-state index >= 15 is 0 Å². The Bertz CT molecular complexity index is 609. The fourth-order valence-electron chi connectivity index (χ4n) is 0.973. The number of nitrogens with zero attached hydrogens (tertiary/aromatic N) is 2. The van der Waals surface area contributed by atoms with Crippen molar-refractivity contribution in [3.8, 4) is 0 Å². The molecule has 0 aromatic heterocycles. The van der Waals surface area contributed by atoms with Crippen molar-refractivity contribution in [3.05, 3.63) is 18.2 Å². The number of aliphatic imine (C=N–C) groups is 2. The van der Waals surface area contributed by atoms with Gasteiger partial charge in [0.15, 0.2) is 0 Å². The fourth-order valence-corrected chi connectivity index (χ4v) is 1.62. The Morgan fingerprint density at radius 1 is 1.12 bits per heavy atom. The minimum atomic E-state index is -4.56. The third-order valence-electron chi connectivity index (χ3n) is 1.56. The van der Waals surface area contributed by atoms with E-state index in [9.17, 15) is 18.0 Å². The van der Waals surface area contributed by atoms with E-state index in [1.807, 2.05) is 0 Å². The molecule has 0 aliphatic rings. The molecule has 1 aromatic rings. The van der Waals surface area contributed by atoms with Crippen molar-refractivity contribution in [3.63, 3.8) is 0 Å². The lowest BCUT2D eigenvalue weighted by atomic mass is 10.3. The summed E-state index contributed by atoms with van der Waals surface area (Å²) in [4.78, 5) is 25.6. The SMILES string of the molecule is O=C=Nc1ccc(N=C=O)c(S(=O)(=O)O)c1. The summed E-state index contributed by atoms with van der Waals surface area (Å²) in [6, 6.07) is 3.22. The second-order valence-corrected chi connectivity index (χ2v) is 3.92. The molecule has 0 fully saturated rings. The Morgan fingerprint density at radius 3 is 2.25 bits per heavy atom. The minimum absolute atomic E-state index is 0.0347. The maximum atomic E-state index is 10.9. The largest absolute Gasteiger partial charge is 0.296 e. The van der Waals surface area contributed by atoms with Crippen molar-refractivity contribution in [2.24, 2.45) is 9.98 Å². The first kappa shape index (κ1) is 12.0. The van der Waals surface area contributed by atoms with Crippen LogP contribution < -0.4 is 0 Å². The van der Waals surface area contributed by atoms with E-state index in [1.165, 1.54) is 12.1 Å². The topological polar surface area (TPSA) is 113 Å². The van der Waals surface area contributed by atoms with E-state index in [0.29, 0.717) is 0 Å². The first-order valence-electron chi connectivity index (χ1n) is 3.76. The molecule has 0 spiro atoms. The maximum absolute atomic E-state index is 10.9. The zero-order valence-corrected chi connectivity index (χ0v) is 8.43. The van der Waals surface area contributed by atoms with E-state index in [-0.39, 0.29) is 11.4 Å². The van der Waals surface area contributed by atoms with E-state index in [0.717, 1.165) is 18.2 Å². The number of rotatable bonds is 3. The van der Waals surface area contributed by atoms with E-state index in [2.05, 4.69) is 9.98 Å². The molecule has 8 heteroatoms. The van der Waals surface area contributed by atoms with Crippen LogP contribution in [-0.4, -0.2) is 25.1 Å². The molecule has 16 heavy (non-hydrogen) atoms. The van der Waals surface area contributed by atoms with Crippen molar-refractivity contribution < 1.29 is 22.6 Å². The zero-order chi connectivity index (χ0) is 12.2. The lowest BCUT2D eigenvalue weighted by molar-refractivity contribution is 0.483. The number of isocyanates is 2. The second-order valence-electron chi connectivity index (χ2n) is 2.53. The van der Waals surface area contributed by atoms with Gasteiger partial charge in [-0.1, -0.05) is 0 Å². The molecule has 0 saturated heterocycles. The number of carbonyl (C=O) groups excluding carboxylic acids is 2.